The summed E-state index contributed by atoms with van der Waals surface area (Å²) in [6, 6.07) is 6.61. The Morgan fingerprint density at radius 2 is 1.85 bits per heavy atom. The molecular formula is C11H13FO. The van der Waals surface area contributed by atoms with Crippen molar-refractivity contribution in [3.8, 4) is 0 Å². The van der Waals surface area contributed by atoms with E-state index in [0.29, 0.717) is 5.92 Å². The molecule has 1 aliphatic carbocycles. The molecule has 0 saturated heterocycles. The molecule has 0 radical (unpaired) electrons. The molecule has 0 aliphatic heterocycles. The van der Waals surface area contributed by atoms with Gasteiger partial charge in [0.1, 0.15) is 5.82 Å². The van der Waals surface area contributed by atoms with Gasteiger partial charge in [0, 0.05) is 0 Å². The first-order chi connectivity index (χ1) is 6.25. The van der Waals surface area contributed by atoms with Crippen molar-refractivity contribution in [1.29, 1.82) is 0 Å². The molecule has 2 rings (SSSR count). The Morgan fingerprint density at radius 1 is 1.15 bits per heavy atom. The highest BCUT2D eigenvalue weighted by Gasteiger charge is 2.23. The average Bonchev–Trinajstić information content (AvgIpc) is 2.53. The molecule has 2 heteroatoms. The van der Waals surface area contributed by atoms with Crippen molar-refractivity contribution in [3.63, 3.8) is 0 Å². The van der Waals surface area contributed by atoms with E-state index < -0.39 is 0 Å². The van der Waals surface area contributed by atoms with E-state index in [2.05, 4.69) is 0 Å². The van der Waals surface area contributed by atoms with Crippen LogP contribution in [0.2, 0.25) is 0 Å². The fraction of sp³-hybridized carbons (Fsp3) is 0.455. The summed E-state index contributed by atoms with van der Waals surface area (Å²) in [6.07, 6.45) is 2.57. The van der Waals surface area contributed by atoms with Gasteiger partial charge in [0.15, 0.2) is 0 Å². The maximum atomic E-state index is 12.6. The van der Waals surface area contributed by atoms with Gasteiger partial charge in [0.25, 0.3) is 0 Å². The van der Waals surface area contributed by atoms with Crippen LogP contribution in [0.15, 0.2) is 24.3 Å². The van der Waals surface area contributed by atoms with Gasteiger partial charge in [-0.15, -0.1) is 0 Å². The van der Waals surface area contributed by atoms with Gasteiger partial charge in [-0.25, -0.2) is 4.39 Å². The van der Waals surface area contributed by atoms with Crippen molar-refractivity contribution in [2.24, 2.45) is 0 Å². The zero-order valence-corrected chi connectivity index (χ0v) is 7.41. The van der Waals surface area contributed by atoms with Gasteiger partial charge in [-0.3, -0.25) is 0 Å². The minimum Gasteiger partial charge on any atom is -0.393 e. The fourth-order valence-corrected chi connectivity index (χ4v) is 2.00. The van der Waals surface area contributed by atoms with Gasteiger partial charge in [-0.05, 0) is 42.9 Å². The summed E-state index contributed by atoms with van der Waals surface area (Å²) < 4.78 is 12.6. The lowest BCUT2D eigenvalue weighted by Crippen LogP contribution is -1.99. The van der Waals surface area contributed by atoms with E-state index in [9.17, 15) is 9.50 Å². The Bertz CT molecular complexity index is 281. The minimum atomic E-state index is -0.192. The van der Waals surface area contributed by atoms with Gasteiger partial charge in [0.05, 0.1) is 6.10 Å². The lowest BCUT2D eigenvalue weighted by molar-refractivity contribution is 0.181. The van der Waals surface area contributed by atoms with Crippen LogP contribution in [0.25, 0.3) is 0 Å². The van der Waals surface area contributed by atoms with Crippen LogP contribution in [-0.2, 0) is 0 Å². The summed E-state index contributed by atoms with van der Waals surface area (Å²) in [7, 11) is 0. The second kappa shape index (κ2) is 3.46. The molecule has 70 valence electrons. The number of halogens is 1. The Labute approximate surface area is 77.2 Å². The second-order valence-corrected chi connectivity index (χ2v) is 3.72. The summed E-state index contributed by atoms with van der Waals surface area (Å²) in [6.45, 7) is 0. The number of aliphatic hydroxyl groups excluding tert-OH is 1. The van der Waals surface area contributed by atoms with E-state index in [-0.39, 0.29) is 11.9 Å². The predicted octanol–water partition coefficient (Wildman–Crippen LogP) is 2.45. The summed E-state index contributed by atoms with van der Waals surface area (Å²) in [4.78, 5) is 0. The molecule has 0 unspecified atom stereocenters. The van der Waals surface area contributed by atoms with E-state index in [1.54, 1.807) is 0 Å². The fourth-order valence-electron chi connectivity index (χ4n) is 2.00. The maximum absolute atomic E-state index is 12.6. The van der Waals surface area contributed by atoms with Crippen molar-refractivity contribution in [2.75, 3.05) is 0 Å². The molecule has 1 aliphatic rings. The molecule has 0 heterocycles. The highest BCUT2D eigenvalue weighted by Crippen LogP contribution is 2.34. The molecule has 1 aromatic carbocycles. The second-order valence-electron chi connectivity index (χ2n) is 3.72. The van der Waals surface area contributed by atoms with Crippen molar-refractivity contribution in [1.82, 2.24) is 0 Å². The first kappa shape index (κ1) is 8.70. The largest absolute Gasteiger partial charge is 0.393 e. The van der Waals surface area contributed by atoms with Gasteiger partial charge in [-0.2, -0.15) is 0 Å². The molecular weight excluding hydrogens is 167 g/mol. The zero-order valence-electron chi connectivity index (χ0n) is 7.41. The van der Waals surface area contributed by atoms with Crippen LogP contribution in [0.3, 0.4) is 0 Å². The summed E-state index contributed by atoms with van der Waals surface area (Å²) in [5.74, 6) is 0.234. The van der Waals surface area contributed by atoms with E-state index in [0.717, 1.165) is 24.8 Å². The first-order valence-corrected chi connectivity index (χ1v) is 4.69. The van der Waals surface area contributed by atoms with Crippen LogP contribution in [0, 0.1) is 5.82 Å². The quantitative estimate of drug-likeness (QED) is 0.703. The van der Waals surface area contributed by atoms with Crippen molar-refractivity contribution < 1.29 is 9.50 Å². The third kappa shape index (κ3) is 1.89. The Balaban J connectivity index is 2.13. The maximum Gasteiger partial charge on any atom is 0.123 e. The highest BCUT2D eigenvalue weighted by atomic mass is 19.1. The third-order valence-electron chi connectivity index (χ3n) is 2.75. The van der Waals surface area contributed by atoms with Crippen LogP contribution in [0.5, 0.6) is 0 Å². The van der Waals surface area contributed by atoms with Crippen molar-refractivity contribution >= 4 is 0 Å². The molecule has 1 saturated carbocycles. The smallest absolute Gasteiger partial charge is 0.123 e. The Kier molecular flexibility index (Phi) is 2.32. The molecule has 1 fully saturated rings. The molecule has 0 spiro atoms. The topological polar surface area (TPSA) is 20.2 Å². The van der Waals surface area contributed by atoms with E-state index >= 15 is 0 Å². The third-order valence-corrected chi connectivity index (χ3v) is 2.75. The molecule has 1 aromatic rings. The predicted molar refractivity (Wildman–Crippen MR) is 49.0 cm³/mol. The van der Waals surface area contributed by atoms with Crippen LogP contribution < -0.4 is 0 Å². The van der Waals surface area contributed by atoms with Crippen LogP contribution in [-0.4, -0.2) is 11.2 Å². The summed E-state index contributed by atoms with van der Waals surface area (Å²) in [5, 5.41) is 9.34. The van der Waals surface area contributed by atoms with Crippen LogP contribution in [0.1, 0.15) is 30.7 Å². The van der Waals surface area contributed by atoms with Crippen molar-refractivity contribution in [3.05, 3.63) is 35.6 Å². The molecule has 0 aromatic heterocycles. The summed E-state index contributed by atoms with van der Waals surface area (Å²) in [5.41, 5.74) is 1.15. The lowest BCUT2D eigenvalue weighted by atomic mass is 9.98. The number of aliphatic hydroxyl groups is 1. The Hall–Kier alpha value is -0.890. The van der Waals surface area contributed by atoms with E-state index in [4.69, 9.17) is 0 Å². The number of hydrogen-bond acceptors (Lipinski definition) is 1. The van der Waals surface area contributed by atoms with Crippen LogP contribution in [0.4, 0.5) is 4.39 Å². The zero-order chi connectivity index (χ0) is 9.26. The Morgan fingerprint density at radius 3 is 2.38 bits per heavy atom. The van der Waals surface area contributed by atoms with Gasteiger partial charge >= 0.3 is 0 Å². The van der Waals surface area contributed by atoms with Gasteiger partial charge in [-0.1, -0.05) is 12.1 Å². The number of benzene rings is 1. The monoisotopic (exact) mass is 180 g/mol. The standard InChI is InChI=1S/C11H13FO/c12-10-4-1-8(2-5-10)9-3-6-11(13)7-9/h1-2,4-5,9,11,13H,3,6-7H2/t9-,11+/m0/s1. The molecule has 1 N–H and O–H groups in total. The normalized spacial score (nSPS) is 27.8. The van der Waals surface area contributed by atoms with Gasteiger partial charge in [0.2, 0.25) is 0 Å². The van der Waals surface area contributed by atoms with Gasteiger partial charge < -0.3 is 5.11 Å². The highest BCUT2D eigenvalue weighted by molar-refractivity contribution is 5.21. The lowest BCUT2D eigenvalue weighted by Gasteiger charge is -2.08. The molecule has 1 nitrogen and oxygen atoms in total. The molecule has 2 atom stereocenters. The molecule has 13 heavy (non-hydrogen) atoms. The van der Waals surface area contributed by atoms with E-state index in [1.807, 2.05) is 12.1 Å². The first-order valence-electron chi connectivity index (χ1n) is 4.69. The molecule has 0 amide bonds. The number of rotatable bonds is 1. The average molecular weight is 180 g/mol. The van der Waals surface area contributed by atoms with Crippen LogP contribution >= 0.6 is 0 Å². The SMILES string of the molecule is O[C@@H]1CC[C@H](c2ccc(F)cc2)C1. The van der Waals surface area contributed by atoms with E-state index in [1.165, 1.54) is 12.1 Å². The number of hydrogen-bond donors (Lipinski definition) is 1. The summed E-state index contributed by atoms with van der Waals surface area (Å²) >= 11 is 0. The molecule has 0 bridgehead atoms. The van der Waals surface area contributed by atoms with Crippen molar-refractivity contribution in [2.45, 2.75) is 31.3 Å². The minimum absolute atomic E-state index is 0.157.